The third-order valence-electron chi connectivity index (χ3n) is 3.99. The summed E-state index contributed by atoms with van der Waals surface area (Å²) in [7, 11) is 0. The first-order valence-corrected chi connectivity index (χ1v) is 8.02. The van der Waals surface area contributed by atoms with Gasteiger partial charge in [0.05, 0.1) is 17.0 Å². The van der Waals surface area contributed by atoms with Gasteiger partial charge in [0, 0.05) is 10.9 Å². The Morgan fingerprint density at radius 2 is 2.16 bits per heavy atom. The Kier molecular flexibility index (Phi) is 4.87. The van der Waals surface area contributed by atoms with Gasteiger partial charge in [-0.05, 0) is 56.7 Å². The summed E-state index contributed by atoms with van der Waals surface area (Å²) in [6, 6.07) is 6.74. The number of hydrogen-bond acceptors (Lipinski definition) is 3. The first-order valence-electron chi connectivity index (χ1n) is 7.14. The van der Waals surface area contributed by atoms with Gasteiger partial charge in [-0.25, -0.2) is 4.98 Å². The monoisotopic (exact) mass is 274 g/mol. The van der Waals surface area contributed by atoms with Crippen molar-refractivity contribution < 1.29 is 0 Å². The van der Waals surface area contributed by atoms with E-state index in [2.05, 4.69) is 37.0 Å². The summed E-state index contributed by atoms with van der Waals surface area (Å²) >= 11 is 1.81. The van der Waals surface area contributed by atoms with Gasteiger partial charge in [0.25, 0.3) is 0 Å². The minimum atomic E-state index is 0.190. The van der Waals surface area contributed by atoms with Gasteiger partial charge in [0.2, 0.25) is 0 Å². The van der Waals surface area contributed by atoms with Crippen LogP contribution in [0.3, 0.4) is 0 Å². The van der Waals surface area contributed by atoms with E-state index in [9.17, 15) is 5.26 Å². The molecule has 3 atom stereocenters. The molecule has 1 saturated carbocycles. The molecule has 2 rings (SSSR count). The molecule has 102 valence electrons. The Morgan fingerprint density at radius 3 is 2.79 bits per heavy atom. The normalized spacial score (nSPS) is 26.9. The van der Waals surface area contributed by atoms with Crippen LogP contribution in [0.2, 0.25) is 0 Å². The van der Waals surface area contributed by atoms with E-state index in [1.54, 1.807) is 0 Å². The van der Waals surface area contributed by atoms with Gasteiger partial charge in [-0.2, -0.15) is 5.26 Å². The SMILES string of the molecule is CCC1CCC(C#N)C(Sc2cc(C)cc(C)n2)C1. The molecule has 19 heavy (non-hydrogen) atoms. The fourth-order valence-corrected chi connectivity index (χ4v) is 4.37. The van der Waals surface area contributed by atoms with E-state index in [-0.39, 0.29) is 5.92 Å². The molecule has 3 unspecified atom stereocenters. The maximum Gasteiger partial charge on any atom is 0.0968 e. The predicted molar refractivity (Wildman–Crippen MR) is 80.1 cm³/mol. The fourth-order valence-electron chi connectivity index (χ4n) is 2.88. The molecule has 1 fully saturated rings. The van der Waals surface area contributed by atoms with Crippen molar-refractivity contribution in [3.63, 3.8) is 0 Å². The average Bonchev–Trinajstić information content (AvgIpc) is 2.37. The van der Waals surface area contributed by atoms with E-state index < -0.39 is 0 Å². The van der Waals surface area contributed by atoms with Crippen molar-refractivity contribution in [2.75, 3.05) is 0 Å². The van der Waals surface area contributed by atoms with Crippen LogP contribution in [-0.4, -0.2) is 10.2 Å². The number of pyridine rings is 1. The van der Waals surface area contributed by atoms with Crippen molar-refractivity contribution in [2.24, 2.45) is 11.8 Å². The van der Waals surface area contributed by atoms with Crippen molar-refractivity contribution in [2.45, 2.75) is 56.7 Å². The molecular weight excluding hydrogens is 252 g/mol. The average molecular weight is 274 g/mol. The van der Waals surface area contributed by atoms with Crippen molar-refractivity contribution in [3.05, 3.63) is 23.4 Å². The molecule has 0 amide bonds. The highest BCUT2D eigenvalue weighted by molar-refractivity contribution is 7.99. The first-order chi connectivity index (χ1) is 9.12. The number of hydrogen-bond donors (Lipinski definition) is 0. The summed E-state index contributed by atoms with van der Waals surface area (Å²) in [6.07, 6.45) is 4.66. The zero-order valence-electron chi connectivity index (χ0n) is 12.0. The number of nitriles is 1. The van der Waals surface area contributed by atoms with Crippen LogP contribution in [0.5, 0.6) is 0 Å². The van der Waals surface area contributed by atoms with E-state index >= 15 is 0 Å². The van der Waals surface area contributed by atoms with Gasteiger partial charge >= 0.3 is 0 Å². The number of aryl methyl sites for hydroxylation is 2. The molecule has 0 saturated heterocycles. The Morgan fingerprint density at radius 1 is 1.37 bits per heavy atom. The molecule has 2 nitrogen and oxygen atoms in total. The van der Waals surface area contributed by atoms with E-state index in [0.717, 1.165) is 29.5 Å². The van der Waals surface area contributed by atoms with E-state index in [1.807, 2.05) is 18.7 Å². The van der Waals surface area contributed by atoms with Gasteiger partial charge in [0.1, 0.15) is 0 Å². The van der Waals surface area contributed by atoms with Crippen LogP contribution < -0.4 is 0 Å². The summed E-state index contributed by atoms with van der Waals surface area (Å²) in [4.78, 5) is 4.60. The topological polar surface area (TPSA) is 36.7 Å². The smallest absolute Gasteiger partial charge is 0.0968 e. The second-order valence-electron chi connectivity index (χ2n) is 5.60. The maximum atomic E-state index is 9.32. The van der Waals surface area contributed by atoms with Crippen LogP contribution in [0.15, 0.2) is 17.2 Å². The molecule has 1 aliphatic rings. The van der Waals surface area contributed by atoms with E-state index in [1.165, 1.54) is 18.4 Å². The molecule has 0 N–H and O–H groups in total. The van der Waals surface area contributed by atoms with Crippen LogP contribution in [0, 0.1) is 37.0 Å². The molecule has 1 aliphatic carbocycles. The van der Waals surface area contributed by atoms with Gasteiger partial charge in [-0.1, -0.05) is 13.3 Å². The first kappa shape index (κ1) is 14.4. The summed E-state index contributed by atoms with van der Waals surface area (Å²) in [6.45, 7) is 6.40. The molecular formula is C16H22N2S. The fraction of sp³-hybridized carbons (Fsp3) is 0.625. The molecule has 0 aromatic carbocycles. The summed E-state index contributed by atoms with van der Waals surface area (Å²) < 4.78 is 0. The highest BCUT2D eigenvalue weighted by atomic mass is 32.2. The minimum absolute atomic E-state index is 0.190. The summed E-state index contributed by atoms with van der Waals surface area (Å²) in [5.74, 6) is 0.975. The molecule has 1 aromatic heterocycles. The van der Waals surface area contributed by atoms with Crippen molar-refractivity contribution in [1.29, 1.82) is 5.26 Å². The third-order valence-corrected chi connectivity index (χ3v) is 5.26. The van der Waals surface area contributed by atoms with Crippen LogP contribution in [-0.2, 0) is 0 Å². The van der Waals surface area contributed by atoms with Gasteiger partial charge in [0.15, 0.2) is 0 Å². The van der Waals surface area contributed by atoms with Crippen LogP contribution in [0.4, 0.5) is 0 Å². The zero-order chi connectivity index (χ0) is 13.8. The molecule has 0 aliphatic heterocycles. The minimum Gasteiger partial charge on any atom is -0.247 e. The van der Waals surface area contributed by atoms with Crippen molar-refractivity contribution in [1.82, 2.24) is 4.98 Å². The zero-order valence-corrected chi connectivity index (χ0v) is 12.8. The summed E-state index contributed by atoms with van der Waals surface area (Å²) in [5.41, 5.74) is 2.32. The molecule has 3 heteroatoms. The quantitative estimate of drug-likeness (QED) is 0.813. The number of nitrogens with zero attached hydrogens (tertiary/aromatic N) is 2. The Labute approximate surface area is 120 Å². The molecule has 1 aromatic rings. The number of rotatable bonds is 3. The van der Waals surface area contributed by atoms with Crippen LogP contribution in [0.25, 0.3) is 0 Å². The summed E-state index contributed by atoms with van der Waals surface area (Å²) in [5, 5.41) is 10.8. The highest BCUT2D eigenvalue weighted by Crippen LogP contribution is 2.40. The Balaban J connectivity index is 2.12. The predicted octanol–water partition coefficient (Wildman–Crippen LogP) is 4.51. The lowest BCUT2D eigenvalue weighted by Gasteiger charge is -2.31. The lowest BCUT2D eigenvalue weighted by Crippen LogP contribution is -2.26. The second kappa shape index (κ2) is 6.43. The molecule has 0 radical (unpaired) electrons. The maximum absolute atomic E-state index is 9.32. The van der Waals surface area contributed by atoms with Crippen LogP contribution in [0.1, 0.15) is 43.9 Å². The standard InChI is InChI=1S/C16H22N2S/c1-4-13-5-6-14(10-17)15(9-13)19-16-8-11(2)7-12(3)18-16/h7-8,13-15H,4-6,9H2,1-3H3. The number of aromatic nitrogens is 1. The van der Waals surface area contributed by atoms with Gasteiger partial charge in [-0.3, -0.25) is 0 Å². The van der Waals surface area contributed by atoms with Crippen molar-refractivity contribution in [3.8, 4) is 6.07 Å². The largest absolute Gasteiger partial charge is 0.247 e. The van der Waals surface area contributed by atoms with E-state index in [0.29, 0.717) is 5.25 Å². The van der Waals surface area contributed by atoms with Gasteiger partial charge in [-0.15, -0.1) is 11.8 Å². The lowest BCUT2D eigenvalue weighted by molar-refractivity contribution is 0.317. The third kappa shape index (κ3) is 3.73. The lowest BCUT2D eigenvalue weighted by atomic mass is 9.81. The van der Waals surface area contributed by atoms with Crippen LogP contribution >= 0.6 is 11.8 Å². The highest BCUT2D eigenvalue weighted by Gasteiger charge is 2.30. The van der Waals surface area contributed by atoms with Gasteiger partial charge < -0.3 is 0 Å². The van der Waals surface area contributed by atoms with Crippen molar-refractivity contribution >= 4 is 11.8 Å². The Hall–Kier alpha value is -1.01. The number of thioether (sulfide) groups is 1. The Bertz CT molecular complexity index is 458. The molecule has 0 spiro atoms. The molecule has 1 heterocycles. The van der Waals surface area contributed by atoms with E-state index in [4.69, 9.17) is 0 Å². The molecule has 0 bridgehead atoms. The second-order valence-corrected chi connectivity index (χ2v) is 6.86.